The van der Waals surface area contributed by atoms with Gasteiger partial charge in [-0.2, -0.15) is 8.42 Å². The second-order valence-corrected chi connectivity index (χ2v) is 18.8. The summed E-state index contributed by atoms with van der Waals surface area (Å²) in [6.45, 7) is 14.8. The maximum Gasteiger partial charge on any atom is 0.264 e. The van der Waals surface area contributed by atoms with Crippen LogP contribution in [-0.4, -0.2) is 92.1 Å². The van der Waals surface area contributed by atoms with Crippen molar-refractivity contribution in [1.29, 1.82) is 0 Å². The predicted molar refractivity (Wildman–Crippen MR) is 219 cm³/mol. The second kappa shape index (κ2) is 25.2. The monoisotopic (exact) mass is 809 g/mol. The summed E-state index contributed by atoms with van der Waals surface area (Å²) >= 11 is 0. The molecule has 17 heteroatoms. The first-order valence-electron chi connectivity index (χ1n) is 21.3. The lowest BCUT2D eigenvalue weighted by atomic mass is 9.54. The lowest BCUT2D eigenvalue weighted by Crippen LogP contribution is -2.51. The molecule has 0 aliphatic heterocycles. The van der Waals surface area contributed by atoms with Gasteiger partial charge in [-0.3, -0.25) is 4.18 Å². The van der Waals surface area contributed by atoms with Gasteiger partial charge in [-0.1, -0.05) is 43.0 Å². The molecule has 3 aliphatic rings. The molecule has 1 N–H and O–H groups in total. The summed E-state index contributed by atoms with van der Waals surface area (Å²) in [5.74, 6) is 2.20. The van der Waals surface area contributed by atoms with Gasteiger partial charge in [0.15, 0.2) is 0 Å². The summed E-state index contributed by atoms with van der Waals surface area (Å²) in [6, 6.07) is 0. The Morgan fingerprint density at radius 2 is 1.30 bits per heavy atom. The Hall–Kier alpha value is -2.32. The van der Waals surface area contributed by atoms with Gasteiger partial charge in [-0.05, 0) is 166 Å². The number of unbranched alkanes of at least 4 members (excludes halogenated alkanes) is 1. The molecular weight excluding hydrogens is 737 g/mol. The van der Waals surface area contributed by atoms with Crippen LogP contribution in [0.15, 0.2) is 15.3 Å². The van der Waals surface area contributed by atoms with Crippen molar-refractivity contribution < 1.29 is 26.8 Å². The van der Waals surface area contributed by atoms with Crippen molar-refractivity contribution in [2.24, 2.45) is 55.8 Å². The minimum atomic E-state index is -3.39. The van der Waals surface area contributed by atoms with Gasteiger partial charge in [0.2, 0.25) is 0 Å². The number of azide groups is 3. The molecule has 0 heterocycles. The van der Waals surface area contributed by atoms with Gasteiger partial charge in [0, 0.05) is 54.2 Å². The molecule has 0 aromatic heterocycles. The Morgan fingerprint density at radius 1 is 0.732 bits per heavy atom. The maximum atomic E-state index is 11.2. The summed E-state index contributed by atoms with van der Waals surface area (Å²) in [4.78, 5) is 8.78. The average Bonchev–Trinajstić information content (AvgIpc) is 3.49. The highest BCUT2D eigenvalue weighted by Crippen LogP contribution is 2.60. The fraction of sp³-hybridized carbons (Fsp3) is 1.00. The van der Waals surface area contributed by atoms with E-state index in [9.17, 15) is 8.42 Å². The van der Waals surface area contributed by atoms with Gasteiger partial charge in [0.05, 0.1) is 31.2 Å². The topological polar surface area (TPSA) is 229 Å². The normalized spacial score (nSPS) is 31.2. The molecule has 3 rings (SSSR count). The third-order valence-electron chi connectivity index (χ3n) is 13.6. The van der Waals surface area contributed by atoms with Crippen molar-refractivity contribution in [2.75, 3.05) is 65.4 Å². The van der Waals surface area contributed by atoms with E-state index in [2.05, 4.69) is 63.1 Å². The van der Waals surface area contributed by atoms with E-state index >= 15 is 0 Å². The Morgan fingerprint density at radius 3 is 1.93 bits per heavy atom. The first kappa shape index (κ1) is 48.1. The third kappa shape index (κ3) is 15.5. The minimum Gasteiger partial charge on any atom is -0.378 e. The molecular formula is C39H72N10O6S. The molecule has 0 aromatic carbocycles. The molecule has 3 saturated carbocycles. The molecule has 10 atom stereocenters. The number of ether oxygens (including phenoxy) is 3. The van der Waals surface area contributed by atoms with Crippen molar-refractivity contribution in [3.8, 4) is 0 Å². The van der Waals surface area contributed by atoms with E-state index in [4.69, 9.17) is 35.0 Å². The smallest absolute Gasteiger partial charge is 0.264 e. The summed E-state index contributed by atoms with van der Waals surface area (Å²) in [6.07, 6.45) is 15.4. The molecule has 320 valence electrons. The molecule has 0 bridgehead atoms. The second-order valence-electron chi connectivity index (χ2n) is 17.2. The van der Waals surface area contributed by atoms with Gasteiger partial charge in [-0.15, -0.1) is 0 Å². The fourth-order valence-corrected chi connectivity index (χ4v) is 10.7. The van der Waals surface area contributed by atoms with Crippen LogP contribution in [0.4, 0.5) is 0 Å². The number of hydrogen-bond donors (Lipinski definition) is 1. The highest BCUT2D eigenvalue weighted by atomic mass is 32.2. The predicted octanol–water partition coefficient (Wildman–Crippen LogP) is 9.66. The van der Waals surface area contributed by atoms with Crippen molar-refractivity contribution in [1.82, 2.24) is 5.32 Å². The van der Waals surface area contributed by atoms with Gasteiger partial charge in [0.25, 0.3) is 10.1 Å². The van der Waals surface area contributed by atoms with Gasteiger partial charge in [0.1, 0.15) is 0 Å². The van der Waals surface area contributed by atoms with Crippen LogP contribution in [0.2, 0.25) is 0 Å². The van der Waals surface area contributed by atoms with Crippen LogP contribution in [0.25, 0.3) is 31.3 Å². The van der Waals surface area contributed by atoms with E-state index in [0.29, 0.717) is 88.3 Å². The summed E-state index contributed by atoms with van der Waals surface area (Å²) < 4.78 is 47.5. The van der Waals surface area contributed by atoms with E-state index in [0.717, 1.165) is 96.4 Å². The Kier molecular flexibility index (Phi) is 21.6. The Balaban J connectivity index is 1.82. The molecule has 1 unspecified atom stereocenters. The van der Waals surface area contributed by atoms with E-state index in [1.807, 2.05) is 0 Å². The first-order chi connectivity index (χ1) is 26.9. The lowest BCUT2D eigenvalue weighted by Gasteiger charge is -2.54. The first-order valence-corrected chi connectivity index (χ1v) is 23.1. The Labute approximate surface area is 336 Å². The summed E-state index contributed by atoms with van der Waals surface area (Å²) in [5.41, 5.74) is 26.4. The number of rotatable bonds is 26. The van der Waals surface area contributed by atoms with E-state index in [-0.39, 0.29) is 35.7 Å². The standard InChI is InChI=1S/C39H72N10O6S/c1-30(12-8-18-43-17-6-7-25-55-56(5,50)51)36-14-13-32-27-35(53-23-10-20-45-48-41)29-33-28-34(52-22-9-19-44-47-40)15-16-38(33,3)31(2)26-37(39(32,36)4)54-24-11-21-46-49-42/h30-37,43H,6-29H2,1-5H3/t30-,31-,32+,33-,34-,35+,36?,37+,38-,39+/m1/s1. The van der Waals surface area contributed by atoms with Crippen LogP contribution in [0, 0.1) is 40.4 Å². The fourth-order valence-electron chi connectivity index (χ4n) is 10.3. The number of hydrogen-bond acceptors (Lipinski definition) is 10. The molecule has 3 aliphatic carbocycles. The molecule has 0 aromatic rings. The van der Waals surface area contributed by atoms with Crippen molar-refractivity contribution in [2.45, 2.75) is 142 Å². The van der Waals surface area contributed by atoms with Crippen molar-refractivity contribution >= 4 is 10.1 Å². The number of fused-ring (bicyclic) bond motifs is 2. The molecule has 56 heavy (non-hydrogen) atoms. The quantitative estimate of drug-likeness (QED) is 0.0292. The molecule has 3 fully saturated rings. The molecule has 16 nitrogen and oxygen atoms in total. The zero-order valence-corrected chi connectivity index (χ0v) is 35.8. The lowest BCUT2D eigenvalue weighted by molar-refractivity contribution is -0.135. The summed E-state index contributed by atoms with van der Waals surface area (Å²) in [7, 11) is -3.39. The van der Waals surface area contributed by atoms with Crippen LogP contribution in [0.3, 0.4) is 0 Å². The molecule has 0 saturated heterocycles. The van der Waals surface area contributed by atoms with Crippen molar-refractivity contribution in [3.05, 3.63) is 31.3 Å². The minimum absolute atomic E-state index is 0.0478. The SMILES string of the molecule is C[C@H](CCCNCCCCOS(C)(=O)=O)C1CC[C@H]2C[C@H](OCCCN=[N+]=[N-])C[C@H]3C[C@H](OCCCN=[N+]=[N-])CC[C@]3(C)[C@H](C)C[C@H](OCCCN=[N+]=[N-])[C@]12C. The highest BCUT2D eigenvalue weighted by molar-refractivity contribution is 7.85. The van der Waals surface area contributed by atoms with Gasteiger partial charge in [-0.25, -0.2) is 0 Å². The summed E-state index contributed by atoms with van der Waals surface area (Å²) in [5, 5.41) is 14.8. The highest BCUT2D eigenvalue weighted by Gasteiger charge is 2.56. The number of nitrogens with zero attached hydrogens (tertiary/aromatic N) is 9. The van der Waals surface area contributed by atoms with E-state index < -0.39 is 10.1 Å². The zero-order valence-electron chi connectivity index (χ0n) is 35.0. The van der Waals surface area contributed by atoms with Crippen LogP contribution in [-0.2, 0) is 28.5 Å². The van der Waals surface area contributed by atoms with Crippen LogP contribution < -0.4 is 5.32 Å². The maximum absolute atomic E-state index is 11.2. The molecule has 0 spiro atoms. The molecule has 0 amide bonds. The van der Waals surface area contributed by atoms with Crippen molar-refractivity contribution in [3.63, 3.8) is 0 Å². The van der Waals surface area contributed by atoms with E-state index in [1.54, 1.807) is 0 Å². The largest absolute Gasteiger partial charge is 0.378 e. The van der Waals surface area contributed by atoms with Gasteiger partial charge < -0.3 is 19.5 Å². The third-order valence-corrected chi connectivity index (χ3v) is 14.2. The van der Waals surface area contributed by atoms with Crippen LogP contribution in [0.5, 0.6) is 0 Å². The Bertz CT molecular complexity index is 1410. The molecule has 0 radical (unpaired) electrons. The zero-order chi connectivity index (χ0) is 40.9. The average molecular weight is 809 g/mol. The van der Waals surface area contributed by atoms with Gasteiger partial charge >= 0.3 is 0 Å². The van der Waals surface area contributed by atoms with Crippen LogP contribution >= 0.6 is 0 Å². The number of nitrogens with one attached hydrogen (secondary N) is 1. The van der Waals surface area contributed by atoms with E-state index in [1.165, 1.54) is 0 Å². The van der Waals surface area contributed by atoms with Crippen LogP contribution in [0.1, 0.15) is 124 Å².